The Labute approximate surface area is 132 Å². The summed E-state index contributed by atoms with van der Waals surface area (Å²) in [4.78, 5) is 12.2. The van der Waals surface area contributed by atoms with E-state index >= 15 is 0 Å². The summed E-state index contributed by atoms with van der Waals surface area (Å²) in [7, 11) is 0.0764. The first-order valence-corrected chi connectivity index (χ1v) is 7.09. The number of benzene rings is 2. The molecule has 0 spiro atoms. The molecule has 0 amide bonds. The first-order valence-electron chi connectivity index (χ1n) is 5.71. The number of carbonyl (C=O) groups excluding carboxylic acids is 1. The van der Waals surface area contributed by atoms with Crippen LogP contribution in [0.4, 0.5) is 0 Å². The predicted octanol–water partition coefficient (Wildman–Crippen LogP) is 3.45. The third-order valence-electron chi connectivity index (χ3n) is 2.76. The summed E-state index contributed by atoms with van der Waals surface area (Å²) in [6, 6.07) is 13.5. The van der Waals surface area contributed by atoms with Gasteiger partial charge in [0.05, 0.1) is 0 Å². The molecule has 0 saturated heterocycles. The second-order valence-corrected chi connectivity index (χ2v) is 5.90. The molecule has 94 valence electrons. The maximum atomic E-state index is 12.2. The number of carbonyl (C=O) groups is 1. The van der Waals surface area contributed by atoms with Crippen molar-refractivity contribution in [3.8, 4) is 0 Å². The second kappa shape index (κ2) is 7.27. The van der Waals surface area contributed by atoms with Gasteiger partial charge in [-0.3, -0.25) is 4.79 Å². The molecule has 0 aliphatic carbocycles. The molecule has 1 atom stereocenters. The molecule has 2 aromatic carbocycles. The Morgan fingerprint density at radius 1 is 1.11 bits per heavy atom. The average Bonchev–Trinajstić information content (AvgIpc) is 2.33. The molecule has 2 aromatic rings. The molecule has 1 unspecified atom stereocenters. The quantitative estimate of drug-likeness (QED) is 0.623. The third kappa shape index (κ3) is 4.20. The summed E-state index contributed by atoms with van der Waals surface area (Å²) in [6.07, 6.45) is 0. The fraction of sp³-hybridized carbons (Fsp3) is 0.133. The number of rotatable bonds is 3. The van der Waals surface area contributed by atoms with E-state index in [1.165, 1.54) is 0 Å². The predicted molar refractivity (Wildman–Crippen MR) is 86.8 cm³/mol. The molecular weight excluding hydrogens is 270 g/mol. The van der Waals surface area contributed by atoms with Crippen molar-refractivity contribution in [3.05, 3.63) is 64.2 Å². The summed E-state index contributed by atoms with van der Waals surface area (Å²) in [5, 5.41) is 1.59. The molecule has 0 aromatic heterocycles. The molecule has 0 radical (unpaired) electrons. The zero-order chi connectivity index (χ0) is 13.1. The minimum absolute atomic E-state index is 0. The number of aryl methyl sites for hydroxylation is 2. The van der Waals surface area contributed by atoms with Crippen molar-refractivity contribution < 1.29 is 4.79 Å². The second-order valence-electron chi connectivity index (χ2n) is 4.25. The maximum absolute atomic E-state index is 12.2. The number of hydrogen-bond acceptors (Lipinski definition) is 1. The first-order chi connectivity index (χ1) is 8.58. The van der Waals surface area contributed by atoms with Crippen LogP contribution in [0.15, 0.2) is 42.5 Å². The van der Waals surface area contributed by atoms with Crippen molar-refractivity contribution >= 4 is 49.9 Å². The Morgan fingerprint density at radius 2 is 1.79 bits per heavy atom. The summed E-state index contributed by atoms with van der Waals surface area (Å²) in [5.74, 6) is 0. The van der Waals surface area contributed by atoms with Crippen LogP contribution in [0.25, 0.3) is 0 Å². The average molecular weight is 285 g/mol. The van der Waals surface area contributed by atoms with E-state index in [2.05, 4.69) is 0 Å². The zero-order valence-corrected chi connectivity index (χ0v) is 12.1. The molecule has 4 heteroatoms. The molecular formula is C15H15ClLiOP. The molecule has 1 nitrogen and oxygen atoms in total. The van der Waals surface area contributed by atoms with E-state index in [4.69, 9.17) is 11.6 Å². The van der Waals surface area contributed by atoms with E-state index < -0.39 is 0 Å². The number of hydrogen-bond donors (Lipinski definition) is 0. The summed E-state index contributed by atoms with van der Waals surface area (Å²) >= 11 is 6.16. The van der Waals surface area contributed by atoms with Crippen LogP contribution in [-0.4, -0.2) is 24.4 Å². The van der Waals surface area contributed by atoms with Crippen LogP contribution >= 0.6 is 20.2 Å². The molecule has 0 N–H and O–H groups in total. The van der Waals surface area contributed by atoms with Crippen LogP contribution in [0.2, 0.25) is 5.02 Å². The zero-order valence-electron chi connectivity index (χ0n) is 10.3. The van der Waals surface area contributed by atoms with Crippen LogP contribution in [-0.2, 0) is 0 Å². The summed E-state index contributed by atoms with van der Waals surface area (Å²) < 4.78 is 0. The Balaban J connectivity index is 0.00000180. The van der Waals surface area contributed by atoms with E-state index in [-0.39, 0.29) is 33.0 Å². The van der Waals surface area contributed by atoms with E-state index in [1.54, 1.807) is 0 Å². The van der Waals surface area contributed by atoms with Crippen molar-refractivity contribution in [2.45, 2.75) is 13.8 Å². The van der Waals surface area contributed by atoms with Gasteiger partial charge in [0.1, 0.15) is 0 Å². The van der Waals surface area contributed by atoms with Gasteiger partial charge in [-0.2, -0.15) is 0 Å². The van der Waals surface area contributed by atoms with Crippen molar-refractivity contribution in [2.24, 2.45) is 0 Å². The van der Waals surface area contributed by atoms with Crippen molar-refractivity contribution in [1.29, 1.82) is 0 Å². The molecule has 19 heavy (non-hydrogen) atoms. The van der Waals surface area contributed by atoms with Gasteiger partial charge in [-0.25, -0.2) is 0 Å². The van der Waals surface area contributed by atoms with Crippen molar-refractivity contribution in [3.63, 3.8) is 0 Å². The Bertz CT molecular complexity index is 598. The van der Waals surface area contributed by atoms with Crippen LogP contribution < -0.4 is 5.30 Å². The van der Waals surface area contributed by atoms with Gasteiger partial charge in [0.25, 0.3) is 0 Å². The van der Waals surface area contributed by atoms with Crippen LogP contribution in [0.5, 0.6) is 0 Å². The van der Waals surface area contributed by atoms with Crippen molar-refractivity contribution in [1.82, 2.24) is 0 Å². The van der Waals surface area contributed by atoms with E-state index in [1.807, 2.05) is 56.3 Å². The van der Waals surface area contributed by atoms with E-state index in [9.17, 15) is 4.79 Å². The van der Waals surface area contributed by atoms with Crippen LogP contribution in [0, 0.1) is 13.8 Å². The monoisotopic (exact) mass is 284 g/mol. The normalized spacial score (nSPS) is 10.5. The molecule has 2 rings (SSSR count). The third-order valence-corrected chi connectivity index (χ3v) is 4.44. The summed E-state index contributed by atoms with van der Waals surface area (Å²) in [6.45, 7) is 3.94. The molecule has 0 fully saturated rings. The van der Waals surface area contributed by atoms with E-state index in [0.29, 0.717) is 5.02 Å². The fourth-order valence-electron chi connectivity index (χ4n) is 1.74. The van der Waals surface area contributed by atoms with Gasteiger partial charge in [0, 0.05) is 10.6 Å². The first kappa shape index (κ1) is 16.5. The number of halogens is 1. The molecule has 0 saturated carbocycles. The van der Waals surface area contributed by atoms with Crippen molar-refractivity contribution in [2.75, 3.05) is 0 Å². The summed E-state index contributed by atoms with van der Waals surface area (Å²) in [5.41, 5.74) is 3.04. The fourth-order valence-corrected chi connectivity index (χ4v) is 3.13. The van der Waals surface area contributed by atoms with Crippen LogP contribution in [0.3, 0.4) is 0 Å². The SMILES string of the molecule is Cc1ccc(PC(=O)c2ccccc2C)c(Cl)c1.[LiH]. The molecule has 0 bridgehead atoms. The Morgan fingerprint density at radius 3 is 2.42 bits per heavy atom. The van der Waals surface area contributed by atoms with Gasteiger partial charge in [-0.05, 0) is 44.9 Å². The van der Waals surface area contributed by atoms with Gasteiger partial charge >= 0.3 is 18.9 Å². The van der Waals surface area contributed by atoms with Gasteiger partial charge in [-0.15, -0.1) is 0 Å². The van der Waals surface area contributed by atoms with E-state index in [0.717, 1.165) is 22.0 Å². The topological polar surface area (TPSA) is 17.1 Å². The van der Waals surface area contributed by atoms with Gasteiger partial charge in [-0.1, -0.05) is 48.0 Å². The molecule has 0 aliphatic heterocycles. The van der Waals surface area contributed by atoms with Crippen LogP contribution in [0.1, 0.15) is 21.5 Å². The van der Waals surface area contributed by atoms with Gasteiger partial charge < -0.3 is 0 Å². The minimum atomic E-state index is 0. The Hall–Kier alpha value is -0.573. The molecule has 0 aliphatic rings. The standard InChI is InChI=1S/C15H14ClOP.Li.H/c1-10-7-8-14(13(16)9-10)18-15(17)12-6-4-3-5-11(12)2;;/h3-9,18H,1-2H3;;. The molecule has 0 heterocycles. The Kier molecular flexibility index (Phi) is 6.31. The van der Waals surface area contributed by atoms with Gasteiger partial charge in [0.15, 0.2) is 5.52 Å². The van der Waals surface area contributed by atoms with Gasteiger partial charge in [0.2, 0.25) is 0 Å².